The standard InChI is InChI=1S/C12H13ClF2S.C9H12O2S.2C2H6/c13-9-2-1-8(3-9)7-16-12-5-10(14)4-11(15)6-12;1-3-4-7-5-6-8(12-7)9(10)11-2;2*1-2/h4-6,8-9H,1-3,7H2;5-6H,3-4H2,1-2H3;2*1-2H3. The van der Waals surface area contributed by atoms with Crippen LogP contribution >= 0.6 is 34.7 Å². The second-order valence-electron chi connectivity index (χ2n) is 6.70. The van der Waals surface area contributed by atoms with Gasteiger partial charge < -0.3 is 4.74 Å². The molecule has 1 heterocycles. The number of esters is 1. The zero-order valence-electron chi connectivity index (χ0n) is 20.1. The zero-order chi connectivity index (χ0) is 24.5. The van der Waals surface area contributed by atoms with Crippen molar-refractivity contribution in [2.45, 2.75) is 77.0 Å². The monoisotopic (exact) mass is 506 g/mol. The van der Waals surface area contributed by atoms with Gasteiger partial charge in [-0.25, -0.2) is 13.6 Å². The average Bonchev–Trinajstić information content (AvgIpc) is 3.44. The predicted octanol–water partition coefficient (Wildman–Crippen LogP) is 9.00. The Morgan fingerprint density at radius 1 is 1.12 bits per heavy atom. The van der Waals surface area contributed by atoms with E-state index in [1.807, 2.05) is 39.8 Å². The summed E-state index contributed by atoms with van der Waals surface area (Å²) in [6.07, 6.45) is 5.36. The van der Waals surface area contributed by atoms with Gasteiger partial charge in [-0.15, -0.1) is 34.7 Å². The van der Waals surface area contributed by atoms with E-state index in [-0.39, 0.29) is 11.3 Å². The van der Waals surface area contributed by atoms with Crippen LogP contribution in [0.1, 0.15) is 74.9 Å². The summed E-state index contributed by atoms with van der Waals surface area (Å²) in [6.45, 7) is 10.1. The number of methoxy groups -OCH3 is 1. The van der Waals surface area contributed by atoms with Crippen LogP contribution in [0.3, 0.4) is 0 Å². The minimum absolute atomic E-state index is 0.234. The number of rotatable bonds is 6. The summed E-state index contributed by atoms with van der Waals surface area (Å²) < 4.78 is 30.4. The molecule has 0 amide bonds. The quantitative estimate of drug-likeness (QED) is 0.222. The number of benzene rings is 1. The van der Waals surface area contributed by atoms with Crippen molar-refractivity contribution in [3.8, 4) is 0 Å². The van der Waals surface area contributed by atoms with Crippen molar-refractivity contribution in [3.63, 3.8) is 0 Å². The predicted molar refractivity (Wildman–Crippen MR) is 136 cm³/mol. The number of ether oxygens (including phenoxy) is 1. The van der Waals surface area contributed by atoms with E-state index in [0.29, 0.717) is 15.7 Å². The van der Waals surface area contributed by atoms with E-state index < -0.39 is 11.6 Å². The van der Waals surface area contributed by atoms with Gasteiger partial charge >= 0.3 is 5.97 Å². The number of alkyl halides is 1. The summed E-state index contributed by atoms with van der Waals surface area (Å²) in [5.41, 5.74) is 0. The molecule has 0 bridgehead atoms. The van der Waals surface area contributed by atoms with Crippen LogP contribution in [0, 0.1) is 17.6 Å². The Morgan fingerprint density at radius 2 is 1.75 bits per heavy atom. The van der Waals surface area contributed by atoms with Crippen molar-refractivity contribution in [1.82, 2.24) is 0 Å². The summed E-state index contributed by atoms with van der Waals surface area (Å²) in [6, 6.07) is 7.46. The molecular weight excluding hydrogens is 470 g/mol. The number of hydrogen-bond donors (Lipinski definition) is 0. The smallest absolute Gasteiger partial charge is 0.348 e. The lowest BCUT2D eigenvalue weighted by Gasteiger charge is -2.08. The van der Waals surface area contributed by atoms with Crippen molar-refractivity contribution < 1.29 is 18.3 Å². The number of hydrogen-bond acceptors (Lipinski definition) is 4. The first-order valence-corrected chi connectivity index (χ1v) is 13.5. The summed E-state index contributed by atoms with van der Waals surface area (Å²) in [7, 11) is 1.40. The Labute approximate surface area is 206 Å². The summed E-state index contributed by atoms with van der Waals surface area (Å²) >= 11 is 9.03. The Bertz CT molecular complexity index is 748. The molecule has 182 valence electrons. The van der Waals surface area contributed by atoms with E-state index in [2.05, 4.69) is 11.7 Å². The number of thioether (sulfide) groups is 1. The SMILES string of the molecule is CC.CC.CCCc1ccc(C(=O)OC)s1.Fc1cc(F)cc(SCC2CCC(Cl)C2)c1. The lowest BCUT2D eigenvalue weighted by atomic mass is 10.1. The molecule has 2 atom stereocenters. The van der Waals surface area contributed by atoms with E-state index in [1.54, 1.807) is 0 Å². The Balaban J connectivity index is 0.000000536. The number of carbonyl (C=O) groups is 1. The molecule has 0 saturated heterocycles. The van der Waals surface area contributed by atoms with E-state index in [4.69, 9.17) is 11.6 Å². The normalized spacial score (nSPS) is 16.5. The van der Waals surface area contributed by atoms with Gasteiger partial charge in [0.15, 0.2) is 0 Å². The van der Waals surface area contributed by atoms with Gasteiger partial charge in [0.25, 0.3) is 0 Å². The van der Waals surface area contributed by atoms with Gasteiger partial charge in [0, 0.05) is 27.0 Å². The van der Waals surface area contributed by atoms with Gasteiger partial charge in [-0.1, -0.05) is 41.0 Å². The first-order chi connectivity index (χ1) is 15.4. The molecule has 2 nitrogen and oxygen atoms in total. The topological polar surface area (TPSA) is 26.3 Å². The van der Waals surface area contributed by atoms with Crippen molar-refractivity contribution in [2.24, 2.45) is 5.92 Å². The molecular formula is C25H37ClF2O2S2. The summed E-state index contributed by atoms with van der Waals surface area (Å²) in [5, 5.41) is 0.287. The Morgan fingerprint density at radius 3 is 2.25 bits per heavy atom. The summed E-state index contributed by atoms with van der Waals surface area (Å²) in [4.78, 5) is 13.6. The zero-order valence-corrected chi connectivity index (χ0v) is 22.4. The molecule has 2 unspecified atom stereocenters. The third-order valence-electron chi connectivity index (χ3n) is 4.34. The van der Waals surface area contributed by atoms with Crippen LogP contribution < -0.4 is 0 Å². The second kappa shape index (κ2) is 18.3. The van der Waals surface area contributed by atoms with Crippen LogP contribution in [0.5, 0.6) is 0 Å². The van der Waals surface area contributed by atoms with Gasteiger partial charge in [-0.3, -0.25) is 0 Å². The molecule has 2 aromatic rings. The maximum absolute atomic E-state index is 12.9. The Hall–Kier alpha value is -1.11. The van der Waals surface area contributed by atoms with Gasteiger partial charge in [-0.2, -0.15) is 0 Å². The number of aryl methyl sites for hydroxylation is 1. The first-order valence-electron chi connectivity index (χ1n) is 11.3. The van der Waals surface area contributed by atoms with Crippen LogP contribution in [-0.2, 0) is 11.2 Å². The maximum atomic E-state index is 12.9. The molecule has 0 aliphatic heterocycles. The fourth-order valence-corrected chi connectivity index (χ4v) is 5.49. The number of carbonyl (C=O) groups excluding carboxylic acids is 1. The van der Waals surface area contributed by atoms with Crippen LogP contribution in [0.25, 0.3) is 0 Å². The molecule has 0 N–H and O–H groups in total. The lowest BCUT2D eigenvalue weighted by Crippen LogP contribution is -1.98. The fourth-order valence-electron chi connectivity index (χ4n) is 2.96. The van der Waals surface area contributed by atoms with Crippen LogP contribution in [-0.4, -0.2) is 24.2 Å². The minimum atomic E-state index is -0.510. The molecule has 0 spiro atoms. The van der Waals surface area contributed by atoms with Crippen LogP contribution in [0.15, 0.2) is 35.2 Å². The highest BCUT2D eigenvalue weighted by atomic mass is 35.5. The Kier molecular flexibility index (Phi) is 17.7. The van der Waals surface area contributed by atoms with Gasteiger partial charge in [0.1, 0.15) is 16.5 Å². The summed E-state index contributed by atoms with van der Waals surface area (Å²) in [5.74, 6) is 0.223. The van der Waals surface area contributed by atoms with Crippen LogP contribution in [0.2, 0.25) is 0 Å². The van der Waals surface area contributed by atoms with Gasteiger partial charge in [0.2, 0.25) is 0 Å². The lowest BCUT2D eigenvalue weighted by molar-refractivity contribution is 0.0606. The van der Waals surface area contributed by atoms with E-state index in [0.717, 1.165) is 43.9 Å². The first kappa shape index (κ1) is 30.9. The van der Waals surface area contributed by atoms with E-state index in [1.165, 1.54) is 47.2 Å². The highest BCUT2D eigenvalue weighted by Crippen LogP contribution is 2.34. The molecule has 1 aliphatic carbocycles. The second-order valence-corrected chi connectivity index (χ2v) is 9.58. The average molecular weight is 507 g/mol. The molecule has 0 radical (unpaired) electrons. The van der Waals surface area contributed by atoms with E-state index in [9.17, 15) is 13.6 Å². The van der Waals surface area contributed by atoms with Crippen molar-refractivity contribution in [1.29, 1.82) is 0 Å². The van der Waals surface area contributed by atoms with Crippen LogP contribution in [0.4, 0.5) is 8.78 Å². The number of halogens is 3. The number of thiophene rings is 1. The third-order valence-corrected chi connectivity index (χ3v) is 7.07. The maximum Gasteiger partial charge on any atom is 0.348 e. The highest BCUT2D eigenvalue weighted by molar-refractivity contribution is 7.99. The molecule has 1 aromatic heterocycles. The molecule has 1 aliphatic rings. The highest BCUT2D eigenvalue weighted by Gasteiger charge is 2.22. The fraction of sp³-hybridized carbons (Fsp3) is 0.560. The van der Waals surface area contributed by atoms with Gasteiger partial charge in [0.05, 0.1) is 7.11 Å². The van der Waals surface area contributed by atoms with E-state index >= 15 is 0 Å². The minimum Gasteiger partial charge on any atom is -0.465 e. The largest absolute Gasteiger partial charge is 0.465 e. The van der Waals surface area contributed by atoms with Crippen molar-refractivity contribution in [2.75, 3.05) is 12.9 Å². The molecule has 3 rings (SSSR count). The van der Waals surface area contributed by atoms with Gasteiger partial charge in [-0.05, 0) is 55.9 Å². The van der Waals surface area contributed by atoms with Crippen molar-refractivity contribution in [3.05, 3.63) is 51.7 Å². The van der Waals surface area contributed by atoms with Crippen molar-refractivity contribution >= 4 is 40.7 Å². The molecule has 1 aromatic carbocycles. The third kappa shape index (κ3) is 12.2. The molecule has 7 heteroatoms. The molecule has 1 saturated carbocycles. The molecule has 32 heavy (non-hydrogen) atoms. The molecule has 1 fully saturated rings.